The molecule has 0 aliphatic carbocycles. The van der Waals surface area contributed by atoms with Crippen LogP contribution in [0.25, 0.3) is 32.3 Å². The molecule has 40 heavy (non-hydrogen) atoms. The Hall–Kier alpha value is -4.87. The van der Waals surface area contributed by atoms with Gasteiger partial charge in [0.25, 0.3) is 0 Å². The molecule has 6 aromatic rings. The fourth-order valence-electron chi connectivity index (χ4n) is 4.45. The molecule has 6 rings (SSSR count). The third-order valence-corrected chi connectivity index (χ3v) is 7.01. The quantitative estimate of drug-likeness (QED) is 0.0598. The molecular weight excluding hydrogens is 526 g/mol. The summed E-state index contributed by atoms with van der Waals surface area (Å²) in [7, 11) is 0. The lowest BCUT2D eigenvalue weighted by molar-refractivity contribution is -0.432. The van der Waals surface area contributed by atoms with Gasteiger partial charge < -0.3 is 10.8 Å². The Morgan fingerprint density at radius 1 is 0.625 bits per heavy atom. The van der Waals surface area contributed by atoms with Crippen LogP contribution in [0.1, 0.15) is 0 Å². The number of nitrogens with zero attached hydrogens (tertiary/aromatic N) is 4. The highest BCUT2D eigenvalue weighted by atomic mass is 32.2. The summed E-state index contributed by atoms with van der Waals surface area (Å²) < 4.78 is 4.64. The smallest absolute Gasteiger partial charge is 0.154 e. The summed E-state index contributed by atoms with van der Waals surface area (Å²) in [4.78, 5) is 0.341. The van der Waals surface area contributed by atoms with Crippen LogP contribution in [0.3, 0.4) is 0 Å². The van der Waals surface area contributed by atoms with Crippen LogP contribution in [0.2, 0.25) is 0 Å². The molecule has 0 atom stereocenters. The van der Waals surface area contributed by atoms with E-state index in [0.717, 1.165) is 21.5 Å². The molecule has 0 unspecified atom stereocenters. The van der Waals surface area contributed by atoms with Crippen molar-refractivity contribution in [1.82, 2.24) is 0 Å². The van der Waals surface area contributed by atoms with Gasteiger partial charge in [0.15, 0.2) is 5.75 Å². The Morgan fingerprint density at radius 2 is 1.20 bits per heavy atom. The van der Waals surface area contributed by atoms with Crippen LogP contribution in [0.15, 0.2) is 128 Å². The molecule has 0 aliphatic heterocycles. The Balaban J connectivity index is 1.40. The van der Waals surface area contributed by atoms with E-state index in [2.05, 4.69) is 29.8 Å². The molecule has 0 saturated heterocycles. The maximum absolute atomic E-state index is 11.3. The first-order valence-corrected chi connectivity index (χ1v) is 12.9. The molecule has 0 aromatic heterocycles. The summed E-state index contributed by atoms with van der Waals surface area (Å²) in [5, 5.41) is 46.3. The number of aromatic hydroxyl groups is 1. The second-order valence-corrected chi connectivity index (χ2v) is 9.60. The van der Waals surface area contributed by atoms with Crippen LogP contribution in [-0.2, 0) is 9.37 Å². The number of nitrogens with two attached hydrogens (primary N) is 1. The van der Waals surface area contributed by atoms with Crippen LogP contribution in [0.5, 0.6) is 5.75 Å². The van der Waals surface area contributed by atoms with Gasteiger partial charge >= 0.3 is 0 Å². The Kier molecular flexibility index (Phi) is 7.04. The largest absolute Gasteiger partial charge is 0.505 e. The summed E-state index contributed by atoms with van der Waals surface area (Å²) in [6, 6.07) is 32.4. The van der Waals surface area contributed by atoms with Crippen LogP contribution in [0.4, 0.5) is 28.4 Å². The summed E-state index contributed by atoms with van der Waals surface area (Å²) in [5.74, 6) is -0.230. The van der Waals surface area contributed by atoms with Gasteiger partial charge in [0.2, 0.25) is 0 Å². The summed E-state index contributed by atoms with van der Waals surface area (Å²) >= 11 is 0.663. The van der Waals surface area contributed by atoms with Crippen molar-refractivity contribution in [3.8, 4) is 5.75 Å². The lowest BCUT2D eigenvalue weighted by Gasteiger charge is -2.12. The van der Waals surface area contributed by atoms with Crippen molar-refractivity contribution in [2.24, 2.45) is 20.5 Å². The molecule has 6 aromatic carbocycles. The van der Waals surface area contributed by atoms with Gasteiger partial charge in [0.05, 0.1) is 39.4 Å². The maximum atomic E-state index is 11.3. The second kappa shape index (κ2) is 11.1. The third kappa shape index (κ3) is 5.07. The number of hydrogen-bond donors (Lipinski definition) is 3. The summed E-state index contributed by atoms with van der Waals surface area (Å²) in [5.41, 5.74) is 8.40. The highest BCUT2D eigenvalue weighted by molar-refractivity contribution is 7.94. The Labute approximate surface area is 232 Å². The van der Waals surface area contributed by atoms with Crippen molar-refractivity contribution in [3.63, 3.8) is 0 Å². The minimum absolute atomic E-state index is 0.0815. The van der Waals surface area contributed by atoms with Gasteiger partial charge in [-0.25, -0.2) is 5.26 Å². The molecule has 0 amide bonds. The zero-order valence-corrected chi connectivity index (χ0v) is 21.6. The number of fused-ring (bicyclic) bond motifs is 3. The van der Waals surface area contributed by atoms with Crippen molar-refractivity contribution in [3.05, 3.63) is 103 Å². The molecule has 0 fully saturated rings. The number of nitrogen functional groups attached to an aromatic ring is 1. The van der Waals surface area contributed by atoms with Crippen molar-refractivity contribution in [1.29, 1.82) is 0 Å². The zero-order valence-electron chi connectivity index (χ0n) is 20.8. The number of phenols is 1. The van der Waals surface area contributed by atoms with E-state index in [-0.39, 0.29) is 17.1 Å². The summed E-state index contributed by atoms with van der Waals surface area (Å²) in [6.07, 6.45) is 0. The number of phenolic OH excluding ortho intramolecular Hbond substituents is 1. The number of anilines is 1. The van der Waals surface area contributed by atoms with Gasteiger partial charge in [-0.05, 0) is 63.3 Å². The van der Waals surface area contributed by atoms with Gasteiger partial charge in [0, 0.05) is 0 Å². The lowest BCUT2D eigenvalue weighted by atomic mass is 10.1. The molecule has 0 radical (unpaired) electrons. The van der Waals surface area contributed by atoms with E-state index < -0.39 is 0 Å². The minimum Gasteiger partial charge on any atom is -0.505 e. The van der Waals surface area contributed by atoms with Gasteiger partial charge in [-0.2, -0.15) is 10.2 Å². The van der Waals surface area contributed by atoms with Crippen molar-refractivity contribution >= 4 is 72.8 Å². The van der Waals surface area contributed by atoms with E-state index >= 15 is 0 Å². The maximum Gasteiger partial charge on any atom is 0.154 e. The van der Waals surface area contributed by atoms with Gasteiger partial charge in [0.1, 0.15) is 11.4 Å². The highest BCUT2D eigenvalue weighted by Gasteiger charge is 2.18. The summed E-state index contributed by atoms with van der Waals surface area (Å²) in [6.45, 7) is 0. The zero-order chi connectivity index (χ0) is 27.5. The fourth-order valence-corrected chi connectivity index (χ4v) is 4.95. The van der Waals surface area contributed by atoms with Gasteiger partial charge in [-0.3, -0.25) is 0 Å². The molecular formula is C30H21N5O4S. The standard InChI is InChI=1S/C30H21N5O4S/c31-28-25(34-32-23-12-9-18-5-1-3-7-20(18)15-23)14-11-22-17-26(40-39-38-37)29(30(36)27(22)28)35-33-24-13-10-19-6-2-4-8-21(19)16-24/h1-17,36-37H,31H2. The first-order chi connectivity index (χ1) is 19.6. The number of benzene rings is 6. The molecule has 196 valence electrons. The molecule has 9 nitrogen and oxygen atoms in total. The predicted molar refractivity (Wildman–Crippen MR) is 157 cm³/mol. The molecule has 0 aliphatic rings. The Bertz CT molecular complexity index is 1940. The van der Waals surface area contributed by atoms with Gasteiger partial charge in [-0.15, -0.1) is 14.6 Å². The van der Waals surface area contributed by atoms with Gasteiger partial charge in [-0.1, -0.05) is 71.8 Å². The van der Waals surface area contributed by atoms with E-state index in [1.54, 1.807) is 18.2 Å². The first kappa shape index (κ1) is 25.4. The van der Waals surface area contributed by atoms with Crippen LogP contribution in [-0.4, -0.2) is 10.4 Å². The van der Waals surface area contributed by atoms with Crippen molar-refractivity contribution in [2.75, 3.05) is 5.73 Å². The van der Waals surface area contributed by atoms with Crippen LogP contribution >= 0.6 is 12.0 Å². The van der Waals surface area contributed by atoms with Crippen molar-refractivity contribution in [2.45, 2.75) is 4.90 Å². The normalized spacial score (nSPS) is 11.9. The molecule has 0 saturated carbocycles. The fraction of sp³-hybridized carbons (Fsp3) is 0. The SMILES string of the molecule is Nc1c(N=Nc2ccc3ccccc3c2)ccc2cc(SOOO)c(N=Nc3ccc4ccccc4c3)c(O)c12. The average Bonchev–Trinajstić information content (AvgIpc) is 2.99. The Morgan fingerprint density at radius 3 is 1.82 bits per heavy atom. The topological polar surface area (TPSA) is 134 Å². The average molecular weight is 548 g/mol. The molecule has 10 heteroatoms. The molecule has 0 heterocycles. The van der Waals surface area contributed by atoms with Crippen LogP contribution in [0, 0.1) is 0 Å². The number of azo groups is 2. The van der Waals surface area contributed by atoms with E-state index in [0.29, 0.717) is 44.8 Å². The number of rotatable bonds is 7. The first-order valence-electron chi connectivity index (χ1n) is 12.1. The molecule has 0 spiro atoms. The van der Waals surface area contributed by atoms with E-state index in [1.807, 2.05) is 84.9 Å². The molecule has 4 N–H and O–H groups in total. The van der Waals surface area contributed by atoms with Crippen LogP contribution < -0.4 is 5.73 Å². The lowest BCUT2D eigenvalue weighted by Crippen LogP contribution is -1.90. The number of hydrogen-bond acceptors (Lipinski definition) is 10. The van der Waals surface area contributed by atoms with Crippen molar-refractivity contribution < 1.29 is 19.7 Å². The minimum atomic E-state index is -0.230. The highest BCUT2D eigenvalue weighted by Crippen LogP contribution is 2.47. The van der Waals surface area contributed by atoms with E-state index in [9.17, 15) is 5.11 Å². The van der Waals surface area contributed by atoms with E-state index in [1.165, 1.54) is 0 Å². The third-order valence-electron chi connectivity index (χ3n) is 6.39. The second-order valence-electron chi connectivity index (χ2n) is 8.86. The predicted octanol–water partition coefficient (Wildman–Crippen LogP) is 9.69. The monoisotopic (exact) mass is 547 g/mol. The molecule has 0 bridgehead atoms. The van der Waals surface area contributed by atoms with E-state index in [4.69, 9.17) is 11.0 Å².